The van der Waals surface area contributed by atoms with E-state index >= 15 is 0 Å². The van der Waals surface area contributed by atoms with Crippen LogP contribution in [-0.2, 0) is 6.42 Å². The average molecular weight is 314 g/mol. The van der Waals surface area contributed by atoms with Gasteiger partial charge in [0.2, 0.25) is 5.95 Å². The molecule has 2 rings (SSSR count). The second-order valence-electron chi connectivity index (χ2n) is 5.90. The van der Waals surface area contributed by atoms with Crippen molar-refractivity contribution in [3.8, 4) is 5.75 Å². The molecule has 23 heavy (non-hydrogen) atoms. The van der Waals surface area contributed by atoms with E-state index in [4.69, 9.17) is 4.74 Å². The van der Waals surface area contributed by atoms with Crippen molar-refractivity contribution in [1.29, 1.82) is 0 Å². The highest BCUT2D eigenvalue weighted by molar-refractivity contribution is 5.39. The van der Waals surface area contributed by atoms with Crippen LogP contribution >= 0.6 is 0 Å². The molecule has 1 aromatic carbocycles. The number of nitrogens with zero attached hydrogens (tertiary/aromatic N) is 2. The summed E-state index contributed by atoms with van der Waals surface area (Å²) in [7, 11) is 1.68. The second kappa shape index (κ2) is 8.98. The normalized spacial score (nSPS) is 10.6. The van der Waals surface area contributed by atoms with Crippen LogP contribution in [0.5, 0.6) is 5.75 Å². The molecule has 2 N–H and O–H groups in total. The number of nitrogens with one attached hydrogen (secondary N) is 2. The summed E-state index contributed by atoms with van der Waals surface area (Å²) in [5.41, 5.74) is 1.27. The van der Waals surface area contributed by atoms with Gasteiger partial charge in [0.25, 0.3) is 0 Å². The van der Waals surface area contributed by atoms with Crippen molar-refractivity contribution >= 4 is 11.8 Å². The van der Waals surface area contributed by atoms with E-state index < -0.39 is 0 Å². The maximum Gasteiger partial charge on any atom is 0.224 e. The Kier molecular flexibility index (Phi) is 6.66. The van der Waals surface area contributed by atoms with Crippen molar-refractivity contribution in [3.63, 3.8) is 0 Å². The lowest BCUT2D eigenvalue weighted by atomic mass is 10.1. The van der Waals surface area contributed by atoms with Crippen LogP contribution < -0.4 is 15.4 Å². The number of hydrogen-bond donors (Lipinski definition) is 2. The third-order valence-corrected chi connectivity index (χ3v) is 3.54. The fourth-order valence-electron chi connectivity index (χ4n) is 2.14. The van der Waals surface area contributed by atoms with Gasteiger partial charge in [-0.2, -0.15) is 4.98 Å². The predicted octanol–water partition coefficient (Wildman–Crippen LogP) is 3.60. The molecule has 1 aromatic heterocycles. The number of hydrogen-bond acceptors (Lipinski definition) is 5. The SMILES string of the molecule is COc1ccc(CCNc2ccnc(NCCC(C)C)n2)cc1. The summed E-state index contributed by atoms with van der Waals surface area (Å²) >= 11 is 0. The molecule has 1 heterocycles. The summed E-state index contributed by atoms with van der Waals surface area (Å²) in [6, 6.07) is 10.0. The summed E-state index contributed by atoms with van der Waals surface area (Å²) in [5.74, 6) is 3.09. The Morgan fingerprint density at radius 2 is 1.83 bits per heavy atom. The number of methoxy groups -OCH3 is 1. The number of rotatable bonds is 9. The molecule has 0 bridgehead atoms. The van der Waals surface area contributed by atoms with Crippen molar-refractivity contribution in [2.45, 2.75) is 26.7 Å². The van der Waals surface area contributed by atoms with Crippen LogP contribution in [0.25, 0.3) is 0 Å². The first-order valence-corrected chi connectivity index (χ1v) is 8.11. The minimum atomic E-state index is 0.674. The first kappa shape index (κ1) is 17.1. The lowest BCUT2D eigenvalue weighted by Crippen LogP contribution is -2.10. The van der Waals surface area contributed by atoms with E-state index in [0.29, 0.717) is 11.9 Å². The predicted molar refractivity (Wildman–Crippen MR) is 95.2 cm³/mol. The Labute approximate surface area is 138 Å². The molecule has 5 nitrogen and oxygen atoms in total. The van der Waals surface area contributed by atoms with Crippen LogP contribution in [0.3, 0.4) is 0 Å². The largest absolute Gasteiger partial charge is 0.497 e. The average Bonchev–Trinajstić information content (AvgIpc) is 2.56. The number of anilines is 2. The van der Waals surface area contributed by atoms with Crippen LogP contribution in [0.2, 0.25) is 0 Å². The Morgan fingerprint density at radius 3 is 2.52 bits per heavy atom. The van der Waals surface area contributed by atoms with Gasteiger partial charge in [0.15, 0.2) is 0 Å². The minimum Gasteiger partial charge on any atom is -0.497 e. The molecule has 0 saturated carbocycles. The molecule has 0 aliphatic heterocycles. The molecule has 5 heteroatoms. The summed E-state index contributed by atoms with van der Waals surface area (Å²) in [6.45, 7) is 6.14. The number of ether oxygens (including phenoxy) is 1. The van der Waals surface area contributed by atoms with Crippen LogP contribution in [0.4, 0.5) is 11.8 Å². The van der Waals surface area contributed by atoms with Crippen molar-refractivity contribution in [1.82, 2.24) is 9.97 Å². The van der Waals surface area contributed by atoms with Gasteiger partial charge in [-0.25, -0.2) is 4.98 Å². The fourth-order valence-corrected chi connectivity index (χ4v) is 2.14. The van der Waals surface area contributed by atoms with Crippen LogP contribution in [0, 0.1) is 5.92 Å². The van der Waals surface area contributed by atoms with E-state index in [1.807, 2.05) is 18.2 Å². The molecule has 0 aliphatic carbocycles. The molecular weight excluding hydrogens is 288 g/mol. The zero-order valence-corrected chi connectivity index (χ0v) is 14.2. The lowest BCUT2D eigenvalue weighted by molar-refractivity contribution is 0.414. The third-order valence-electron chi connectivity index (χ3n) is 3.54. The first-order chi connectivity index (χ1) is 11.2. The van der Waals surface area contributed by atoms with E-state index in [-0.39, 0.29) is 0 Å². The van der Waals surface area contributed by atoms with E-state index in [2.05, 4.69) is 46.6 Å². The van der Waals surface area contributed by atoms with Gasteiger partial charge >= 0.3 is 0 Å². The van der Waals surface area contributed by atoms with E-state index in [9.17, 15) is 0 Å². The van der Waals surface area contributed by atoms with E-state index in [1.165, 1.54) is 5.56 Å². The molecule has 0 amide bonds. The van der Waals surface area contributed by atoms with E-state index in [1.54, 1.807) is 13.3 Å². The molecule has 0 spiro atoms. The standard InChI is InChI=1S/C18H26N4O/c1-14(2)8-11-20-18-21-13-10-17(22-18)19-12-9-15-4-6-16(23-3)7-5-15/h4-7,10,13-14H,8-9,11-12H2,1-3H3,(H2,19,20,21,22). The van der Waals surface area contributed by atoms with Crippen LogP contribution in [0.1, 0.15) is 25.8 Å². The topological polar surface area (TPSA) is 59.1 Å². The lowest BCUT2D eigenvalue weighted by Gasteiger charge is -2.09. The van der Waals surface area contributed by atoms with Gasteiger partial charge in [-0.3, -0.25) is 0 Å². The zero-order chi connectivity index (χ0) is 16.5. The molecule has 2 aromatic rings. The van der Waals surface area contributed by atoms with Gasteiger partial charge in [0, 0.05) is 19.3 Å². The monoisotopic (exact) mass is 314 g/mol. The van der Waals surface area contributed by atoms with Gasteiger partial charge in [-0.15, -0.1) is 0 Å². The molecule has 0 aliphatic rings. The Bertz CT molecular complexity index is 584. The van der Waals surface area contributed by atoms with Crippen molar-refractivity contribution in [3.05, 3.63) is 42.1 Å². The molecule has 0 unspecified atom stereocenters. The third kappa shape index (κ3) is 6.14. The van der Waals surface area contributed by atoms with Gasteiger partial charge < -0.3 is 15.4 Å². The van der Waals surface area contributed by atoms with Crippen LogP contribution in [-0.4, -0.2) is 30.2 Å². The summed E-state index contributed by atoms with van der Waals surface area (Å²) in [4.78, 5) is 8.72. The molecule has 0 radical (unpaired) electrons. The summed E-state index contributed by atoms with van der Waals surface area (Å²) in [6.07, 6.45) is 3.82. The van der Waals surface area contributed by atoms with Gasteiger partial charge in [0.05, 0.1) is 7.11 Å². The van der Waals surface area contributed by atoms with Crippen molar-refractivity contribution in [2.24, 2.45) is 5.92 Å². The zero-order valence-electron chi connectivity index (χ0n) is 14.2. The van der Waals surface area contributed by atoms with Gasteiger partial charge in [-0.05, 0) is 42.5 Å². The van der Waals surface area contributed by atoms with E-state index in [0.717, 1.165) is 37.5 Å². The van der Waals surface area contributed by atoms with Crippen molar-refractivity contribution in [2.75, 3.05) is 30.8 Å². The highest BCUT2D eigenvalue weighted by Crippen LogP contribution is 2.12. The Hall–Kier alpha value is -2.30. The van der Waals surface area contributed by atoms with Crippen LogP contribution in [0.15, 0.2) is 36.5 Å². The minimum absolute atomic E-state index is 0.674. The number of benzene rings is 1. The maximum atomic E-state index is 5.16. The fraction of sp³-hybridized carbons (Fsp3) is 0.444. The molecule has 0 saturated heterocycles. The highest BCUT2D eigenvalue weighted by Gasteiger charge is 2.00. The smallest absolute Gasteiger partial charge is 0.224 e. The molecule has 124 valence electrons. The second-order valence-corrected chi connectivity index (χ2v) is 5.90. The summed E-state index contributed by atoms with van der Waals surface area (Å²) in [5, 5.41) is 6.60. The highest BCUT2D eigenvalue weighted by atomic mass is 16.5. The first-order valence-electron chi connectivity index (χ1n) is 8.11. The Morgan fingerprint density at radius 1 is 1.04 bits per heavy atom. The summed E-state index contributed by atoms with van der Waals surface area (Å²) < 4.78 is 5.16. The molecule has 0 fully saturated rings. The molecular formula is C18H26N4O. The van der Waals surface area contributed by atoms with Gasteiger partial charge in [-0.1, -0.05) is 26.0 Å². The number of aromatic nitrogens is 2. The quantitative estimate of drug-likeness (QED) is 0.740. The Balaban J connectivity index is 1.78. The van der Waals surface area contributed by atoms with Gasteiger partial charge in [0.1, 0.15) is 11.6 Å². The molecule has 0 atom stereocenters. The maximum absolute atomic E-state index is 5.16. The van der Waals surface area contributed by atoms with Crippen molar-refractivity contribution < 1.29 is 4.74 Å².